The maximum Gasteiger partial charge on any atom is 0.306 e. The van der Waals surface area contributed by atoms with Gasteiger partial charge in [-0.3, -0.25) is 14.2 Å². The highest BCUT2D eigenvalue weighted by atomic mass is 31.2. The number of hydrogen-bond donors (Lipinski definition) is 0. The lowest BCUT2D eigenvalue weighted by Crippen LogP contribution is -2.30. The summed E-state index contributed by atoms with van der Waals surface area (Å²) in [7, 11) is 8.49. The Labute approximate surface area is 145 Å². The Morgan fingerprint density at radius 2 is 1.42 bits per heavy atom. The molecule has 0 aliphatic carbocycles. The molecule has 0 N–H and O–H groups in total. The molecule has 0 spiro atoms. The molecule has 2 aliphatic rings. The van der Waals surface area contributed by atoms with E-state index in [4.69, 9.17) is 4.74 Å². The summed E-state index contributed by atoms with van der Waals surface area (Å²) in [4.78, 5) is 20.3. The van der Waals surface area contributed by atoms with Crippen LogP contribution in [-0.4, -0.2) is 80.9 Å². The molecule has 2 fully saturated rings. The van der Waals surface area contributed by atoms with Crippen molar-refractivity contribution in [1.82, 2.24) is 14.0 Å². The standard InChI is InChI=1S/C6H18N3OP.C5H8O2.C4H6O2/c1-7(2)11(10,8(3)4)9(5)6;1-4-2-3-5(6)7-4;5-4-2-1-3-6-4/h1-6H3;4H,2-3H2,1H3;1-3H2. The van der Waals surface area contributed by atoms with Gasteiger partial charge in [0.05, 0.1) is 12.7 Å². The summed E-state index contributed by atoms with van der Waals surface area (Å²) >= 11 is 0. The molecular weight excluding hydrogens is 333 g/mol. The van der Waals surface area contributed by atoms with Crippen LogP contribution in [0.3, 0.4) is 0 Å². The second-order valence-electron chi connectivity index (χ2n) is 6.22. The van der Waals surface area contributed by atoms with Crippen LogP contribution in [0.25, 0.3) is 0 Å². The molecule has 1 unspecified atom stereocenters. The lowest BCUT2D eigenvalue weighted by Gasteiger charge is -2.34. The van der Waals surface area contributed by atoms with Gasteiger partial charge in [0.2, 0.25) is 0 Å². The first kappa shape index (κ1) is 23.1. The fourth-order valence-corrected chi connectivity index (χ4v) is 4.36. The molecule has 1 atom stereocenters. The lowest BCUT2D eigenvalue weighted by atomic mass is 10.3. The van der Waals surface area contributed by atoms with Crippen LogP contribution in [-0.2, 0) is 23.6 Å². The number of ether oxygens (including phenoxy) is 2. The molecule has 0 bridgehead atoms. The molecule has 142 valence electrons. The van der Waals surface area contributed by atoms with Crippen molar-refractivity contribution in [3.63, 3.8) is 0 Å². The van der Waals surface area contributed by atoms with Crippen molar-refractivity contribution in [3.8, 4) is 0 Å². The minimum absolute atomic E-state index is 0.0463. The Morgan fingerprint density at radius 3 is 1.50 bits per heavy atom. The SMILES string of the molecule is CC1CCC(=O)O1.CN(C)P(=O)(N(C)C)N(C)C.O=C1CCCO1. The molecule has 0 aromatic heterocycles. The zero-order chi connectivity index (χ0) is 18.9. The van der Waals surface area contributed by atoms with Crippen molar-refractivity contribution in [2.75, 3.05) is 48.9 Å². The van der Waals surface area contributed by atoms with E-state index in [-0.39, 0.29) is 18.0 Å². The van der Waals surface area contributed by atoms with E-state index in [0.717, 1.165) is 12.8 Å². The first-order chi connectivity index (χ1) is 11.0. The van der Waals surface area contributed by atoms with Gasteiger partial charge in [0.25, 0.3) is 7.59 Å². The van der Waals surface area contributed by atoms with Gasteiger partial charge in [0.1, 0.15) is 0 Å². The van der Waals surface area contributed by atoms with Crippen LogP contribution in [0.2, 0.25) is 0 Å². The van der Waals surface area contributed by atoms with E-state index in [1.807, 2.05) is 49.2 Å². The molecule has 2 saturated heterocycles. The van der Waals surface area contributed by atoms with Crippen LogP contribution in [0.1, 0.15) is 32.6 Å². The summed E-state index contributed by atoms with van der Waals surface area (Å²) in [5.74, 6) is -0.0949. The predicted octanol–water partition coefficient (Wildman–Crippen LogP) is 1.81. The number of esters is 2. The van der Waals surface area contributed by atoms with Crippen LogP contribution in [0, 0.1) is 0 Å². The molecule has 24 heavy (non-hydrogen) atoms. The van der Waals surface area contributed by atoms with Gasteiger partial charge in [-0.1, -0.05) is 0 Å². The number of carbonyl (C=O) groups excluding carboxylic acids is 2. The molecule has 2 heterocycles. The first-order valence-corrected chi connectivity index (χ1v) is 9.56. The summed E-state index contributed by atoms with van der Waals surface area (Å²) in [5.41, 5.74) is 0. The third-order valence-electron chi connectivity index (χ3n) is 3.44. The highest BCUT2D eigenvalue weighted by Gasteiger charge is 2.30. The predicted molar refractivity (Wildman–Crippen MR) is 93.6 cm³/mol. The molecular formula is C15H32N3O5P. The van der Waals surface area contributed by atoms with Crippen LogP contribution in [0.4, 0.5) is 0 Å². The average Bonchev–Trinajstić information content (AvgIpc) is 3.09. The molecule has 0 radical (unpaired) electrons. The Hall–Kier alpha value is -0.950. The topological polar surface area (TPSA) is 79.4 Å². The third-order valence-corrected chi connectivity index (χ3v) is 6.57. The third kappa shape index (κ3) is 7.75. The average molecular weight is 365 g/mol. The van der Waals surface area contributed by atoms with E-state index in [1.54, 1.807) is 14.0 Å². The van der Waals surface area contributed by atoms with Crippen molar-refractivity contribution in [1.29, 1.82) is 0 Å². The first-order valence-electron chi connectivity index (χ1n) is 8.00. The molecule has 0 amide bonds. The number of nitrogens with zero attached hydrogens (tertiary/aromatic N) is 3. The van der Waals surface area contributed by atoms with E-state index < -0.39 is 7.59 Å². The highest BCUT2D eigenvalue weighted by molar-refractivity contribution is 7.56. The normalized spacial score (nSPS) is 20.3. The molecule has 0 aromatic rings. The number of hydrogen-bond acceptors (Lipinski definition) is 5. The van der Waals surface area contributed by atoms with Gasteiger partial charge in [-0.15, -0.1) is 0 Å². The van der Waals surface area contributed by atoms with Crippen molar-refractivity contribution >= 4 is 19.5 Å². The molecule has 9 heteroatoms. The lowest BCUT2D eigenvalue weighted by molar-refractivity contribution is -0.141. The molecule has 0 aromatic carbocycles. The fraction of sp³-hybridized carbons (Fsp3) is 0.867. The summed E-state index contributed by atoms with van der Waals surface area (Å²) in [6, 6.07) is 0. The van der Waals surface area contributed by atoms with Gasteiger partial charge >= 0.3 is 11.9 Å². The summed E-state index contributed by atoms with van der Waals surface area (Å²) < 4.78 is 26.6. The van der Waals surface area contributed by atoms with Crippen LogP contribution in [0.5, 0.6) is 0 Å². The molecule has 0 saturated carbocycles. The molecule has 2 aliphatic heterocycles. The highest BCUT2D eigenvalue weighted by Crippen LogP contribution is 2.50. The number of rotatable bonds is 3. The Kier molecular flexibility index (Phi) is 10.4. The Morgan fingerprint density at radius 1 is 0.917 bits per heavy atom. The Balaban J connectivity index is 0.000000348. The zero-order valence-corrected chi connectivity index (χ0v) is 16.8. The van der Waals surface area contributed by atoms with Gasteiger partial charge in [0.15, 0.2) is 0 Å². The maximum atomic E-state index is 12.1. The van der Waals surface area contributed by atoms with Crippen molar-refractivity contribution in [3.05, 3.63) is 0 Å². The van der Waals surface area contributed by atoms with Gasteiger partial charge in [-0.25, -0.2) is 14.0 Å². The van der Waals surface area contributed by atoms with Crippen molar-refractivity contribution in [2.24, 2.45) is 0 Å². The van der Waals surface area contributed by atoms with Gasteiger partial charge in [-0.05, 0) is 62.1 Å². The van der Waals surface area contributed by atoms with Crippen LogP contribution in [0.15, 0.2) is 0 Å². The van der Waals surface area contributed by atoms with Gasteiger partial charge in [-0.2, -0.15) is 0 Å². The largest absolute Gasteiger partial charge is 0.466 e. The van der Waals surface area contributed by atoms with Crippen molar-refractivity contribution in [2.45, 2.75) is 38.7 Å². The summed E-state index contributed by atoms with van der Waals surface area (Å²) in [6.45, 7) is 2.55. The van der Waals surface area contributed by atoms with E-state index >= 15 is 0 Å². The quantitative estimate of drug-likeness (QED) is 0.553. The number of cyclic esters (lactones) is 2. The van der Waals surface area contributed by atoms with E-state index in [0.29, 0.717) is 19.4 Å². The van der Waals surface area contributed by atoms with E-state index in [2.05, 4.69) is 4.74 Å². The Bertz CT molecular complexity index is 418. The smallest absolute Gasteiger partial charge is 0.306 e. The van der Waals surface area contributed by atoms with Crippen LogP contribution >= 0.6 is 7.59 Å². The van der Waals surface area contributed by atoms with Gasteiger partial charge in [0, 0.05) is 12.8 Å². The van der Waals surface area contributed by atoms with Gasteiger partial charge < -0.3 is 9.47 Å². The van der Waals surface area contributed by atoms with E-state index in [1.165, 1.54) is 0 Å². The zero-order valence-electron chi connectivity index (χ0n) is 15.9. The van der Waals surface area contributed by atoms with E-state index in [9.17, 15) is 14.2 Å². The monoisotopic (exact) mass is 365 g/mol. The minimum Gasteiger partial charge on any atom is -0.466 e. The summed E-state index contributed by atoms with van der Waals surface area (Å²) in [5, 5.41) is 0. The van der Waals surface area contributed by atoms with Crippen molar-refractivity contribution < 1.29 is 23.6 Å². The molecule has 2 rings (SSSR count). The maximum absolute atomic E-state index is 12.1. The second-order valence-corrected chi connectivity index (χ2v) is 9.64. The number of carbonyl (C=O) groups is 2. The summed E-state index contributed by atoms with van der Waals surface area (Å²) in [6.07, 6.45) is 3.23. The molecule has 8 nitrogen and oxygen atoms in total. The fourth-order valence-electron chi connectivity index (χ4n) is 2.21. The van der Waals surface area contributed by atoms with Crippen LogP contribution < -0.4 is 0 Å². The minimum atomic E-state index is -2.44. The second kappa shape index (κ2) is 10.8.